The van der Waals surface area contributed by atoms with E-state index in [1.807, 2.05) is 6.20 Å². The molecule has 0 saturated carbocycles. The van der Waals surface area contributed by atoms with Crippen LogP contribution in [0, 0.1) is 5.92 Å². The first kappa shape index (κ1) is 14.8. The number of aryl methyl sites for hydroxylation is 2. The number of hydrogen-bond acceptors (Lipinski definition) is 3. The van der Waals surface area contributed by atoms with E-state index < -0.39 is 0 Å². The summed E-state index contributed by atoms with van der Waals surface area (Å²) in [5.74, 6) is 2.95. The molecule has 1 N–H and O–H groups in total. The highest BCUT2D eigenvalue weighted by Gasteiger charge is 2.22. The fourth-order valence-corrected chi connectivity index (χ4v) is 3.97. The van der Waals surface area contributed by atoms with Crippen LogP contribution in [0.5, 0.6) is 5.75 Å². The van der Waals surface area contributed by atoms with Crippen molar-refractivity contribution in [2.45, 2.75) is 44.7 Å². The molecule has 1 aromatic carbocycles. The van der Waals surface area contributed by atoms with Crippen molar-refractivity contribution < 1.29 is 4.74 Å². The lowest BCUT2D eigenvalue weighted by atomic mass is 9.87. The normalized spacial score (nSPS) is 23.2. The van der Waals surface area contributed by atoms with E-state index >= 15 is 0 Å². The Morgan fingerprint density at radius 3 is 3.13 bits per heavy atom. The van der Waals surface area contributed by atoms with Crippen molar-refractivity contribution in [1.29, 1.82) is 0 Å². The van der Waals surface area contributed by atoms with Gasteiger partial charge < -0.3 is 14.6 Å². The van der Waals surface area contributed by atoms with Crippen LogP contribution >= 0.6 is 0 Å². The summed E-state index contributed by atoms with van der Waals surface area (Å²) in [6.07, 6.45) is 9.94. The van der Waals surface area contributed by atoms with E-state index in [-0.39, 0.29) is 0 Å². The summed E-state index contributed by atoms with van der Waals surface area (Å²) >= 11 is 0. The SMILES string of the molecule is COc1ccc2c(c1)C[C@@H](NC[C@H]1CCc3nccn3C1)CC2. The number of rotatable bonds is 4. The number of benzene rings is 1. The number of fused-ring (bicyclic) bond motifs is 2. The molecule has 1 aromatic heterocycles. The van der Waals surface area contributed by atoms with Crippen LogP contribution in [0.2, 0.25) is 0 Å². The zero-order valence-electron chi connectivity index (χ0n) is 13.8. The fourth-order valence-electron chi connectivity index (χ4n) is 3.97. The molecule has 0 radical (unpaired) electrons. The van der Waals surface area contributed by atoms with Gasteiger partial charge >= 0.3 is 0 Å². The first-order valence-electron chi connectivity index (χ1n) is 8.71. The maximum Gasteiger partial charge on any atom is 0.119 e. The van der Waals surface area contributed by atoms with Gasteiger partial charge in [-0.25, -0.2) is 4.98 Å². The number of hydrogen-bond donors (Lipinski definition) is 1. The Kier molecular flexibility index (Phi) is 4.08. The van der Waals surface area contributed by atoms with Crippen LogP contribution in [0.4, 0.5) is 0 Å². The Hall–Kier alpha value is -1.81. The third-order valence-corrected chi connectivity index (χ3v) is 5.37. The third-order valence-electron chi connectivity index (χ3n) is 5.37. The van der Waals surface area contributed by atoms with Crippen molar-refractivity contribution in [1.82, 2.24) is 14.9 Å². The van der Waals surface area contributed by atoms with Gasteiger partial charge in [-0.05, 0) is 61.4 Å². The Labute approximate surface area is 137 Å². The van der Waals surface area contributed by atoms with Gasteiger partial charge in [0.15, 0.2) is 0 Å². The van der Waals surface area contributed by atoms with Crippen molar-refractivity contribution in [3.8, 4) is 5.75 Å². The lowest BCUT2D eigenvalue weighted by Crippen LogP contribution is -2.39. The van der Waals surface area contributed by atoms with Crippen LogP contribution < -0.4 is 10.1 Å². The lowest BCUT2D eigenvalue weighted by Gasteiger charge is -2.29. The van der Waals surface area contributed by atoms with Gasteiger partial charge in [0.25, 0.3) is 0 Å². The highest BCUT2D eigenvalue weighted by atomic mass is 16.5. The van der Waals surface area contributed by atoms with Crippen LogP contribution in [0.1, 0.15) is 29.8 Å². The predicted octanol–water partition coefficient (Wildman–Crippen LogP) is 2.60. The molecule has 2 atom stereocenters. The van der Waals surface area contributed by atoms with E-state index in [9.17, 15) is 0 Å². The van der Waals surface area contributed by atoms with E-state index in [0.717, 1.165) is 37.6 Å². The molecule has 1 aliphatic carbocycles. The van der Waals surface area contributed by atoms with Crippen molar-refractivity contribution in [3.63, 3.8) is 0 Å². The first-order valence-corrected chi connectivity index (χ1v) is 8.71. The quantitative estimate of drug-likeness (QED) is 0.943. The van der Waals surface area contributed by atoms with Gasteiger partial charge in [0.2, 0.25) is 0 Å². The van der Waals surface area contributed by atoms with Crippen LogP contribution in [-0.2, 0) is 25.8 Å². The average Bonchev–Trinajstić information content (AvgIpc) is 3.07. The van der Waals surface area contributed by atoms with Crippen LogP contribution in [-0.4, -0.2) is 29.2 Å². The summed E-state index contributed by atoms with van der Waals surface area (Å²) in [6.45, 7) is 2.22. The molecule has 122 valence electrons. The molecule has 2 aromatic rings. The maximum absolute atomic E-state index is 5.37. The first-order chi connectivity index (χ1) is 11.3. The average molecular weight is 311 g/mol. The maximum atomic E-state index is 5.37. The minimum Gasteiger partial charge on any atom is -0.497 e. The molecule has 4 heteroatoms. The third kappa shape index (κ3) is 3.13. The summed E-state index contributed by atoms with van der Waals surface area (Å²) in [4.78, 5) is 4.41. The molecule has 23 heavy (non-hydrogen) atoms. The van der Waals surface area contributed by atoms with E-state index in [1.165, 1.54) is 36.2 Å². The molecule has 1 aliphatic heterocycles. The molecule has 4 rings (SSSR count). The lowest BCUT2D eigenvalue weighted by molar-refractivity contribution is 0.322. The van der Waals surface area contributed by atoms with Crippen molar-refractivity contribution in [3.05, 3.63) is 47.5 Å². The van der Waals surface area contributed by atoms with Crippen molar-refractivity contribution in [2.24, 2.45) is 5.92 Å². The van der Waals surface area contributed by atoms with Crippen LogP contribution in [0.3, 0.4) is 0 Å². The fraction of sp³-hybridized carbons (Fsp3) is 0.526. The zero-order chi connectivity index (χ0) is 15.6. The molecule has 0 amide bonds. The Bertz CT molecular complexity index is 679. The van der Waals surface area contributed by atoms with Gasteiger partial charge in [0.1, 0.15) is 11.6 Å². The summed E-state index contributed by atoms with van der Waals surface area (Å²) < 4.78 is 7.68. The summed E-state index contributed by atoms with van der Waals surface area (Å²) in [5.41, 5.74) is 2.94. The molecule has 0 saturated heterocycles. The van der Waals surface area contributed by atoms with Crippen LogP contribution in [0.15, 0.2) is 30.6 Å². The zero-order valence-corrected chi connectivity index (χ0v) is 13.8. The van der Waals surface area contributed by atoms with Crippen LogP contribution in [0.25, 0.3) is 0 Å². The van der Waals surface area contributed by atoms with E-state index in [2.05, 4.69) is 39.3 Å². The van der Waals surface area contributed by atoms with Gasteiger partial charge in [0, 0.05) is 31.4 Å². The Balaban J connectivity index is 1.34. The Morgan fingerprint density at radius 2 is 2.22 bits per heavy atom. The monoisotopic (exact) mass is 311 g/mol. The number of ether oxygens (including phenoxy) is 1. The summed E-state index contributed by atoms with van der Waals surface area (Å²) in [6, 6.07) is 7.11. The van der Waals surface area contributed by atoms with Gasteiger partial charge in [-0.1, -0.05) is 6.07 Å². The number of nitrogens with one attached hydrogen (secondary N) is 1. The molecule has 2 heterocycles. The number of imidazole rings is 1. The van der Waals surface area contributed by atoms with Crippen molar-refractivity contribution in [2.75, 3.05) is 13.7 Å². The van der Waals surface area contributed by atoms with Crippen molar-refractivity contribution >= 4 is 0 Å². The summed E-state index contributed by atoms with van der Waals surface area (Å²) in [5, 5.41) is 3.82. The second-order valence-electron chi connectivity index (χ2n) is 6.88. The number of nitrogens with zero attached hydrogens (tertiary/aromatic N) is 2. The molecule has 0 spiro atoms. The highest BCUT2D eigenvalue weighted by molar-refractivity contribution is 5.37. The molecule has 0 fully saturated rings. The number of methoxy groups -OCH3 is 1. The summed E-state index contributed by atoms with van der Waals surface area (Å²) in [7, 11) is 1.74. The molecule has 0 unspecified atom stereocenters. The minimum atomic E-state index is 0.596. The highest BCUT2D eigenvalue weighted by Crippen LogP contribution is 2.26. The van der Waals surface area contributed by atoms with Gasteiger partial charge in [0.05, 0.1) is 7.11 Å². The Morgan fingerprint density at radius 1 is 1.26 bits per heavy atom. The molecule has 0 bridgehead atoms. The predicted molar refractivity (Wildman–Crippen MR) is 90.8 cm³/mol. The largest absolute Gasteiger partial charge is 0.497 e. The molecule has 2 aliphatic rings. The smallest absolute Gasteiger partial charge is 0.119 e. The van der Waals surface area contributed by atoms with E-state index in [4.69, 9.17) is 4.74 Å². The molecular weight excluding hydrogens is 286 g/mol. The second kappa shape index (κ2) is 6.36. The second-order valence-corrected chi connectivity index (χ2v) is 6.88. The minimum absolute atomic E-state index is 0.596. The van der Waals surface area contributed by atoms with Gasteiger partial charge in [-0.2, -0.15) is 0 Å². The van der Waals surface area contributed by atoms with Gasteiger partial charge in [-0.3, -0.25) is 0 Å². The number of aromatic nitrogens is 2. The van der Waals surface area contributed by atoms with Gasteiger partial charge in [-0.15, -0.1) is 0 Å². The van der Waals surface area contributed by atoms with E-state index in [0.29, 0.717) is 6.04 Å². The molecule has 4 nitrogen and oxygen atoms in total. The molecular formula is C19H25N3O. The van der Waals surface area contributed by atoms with E-state index in [1.54, 1.807) is 7.11 Å². The topological polar surface area (TPSA) is 39.1 Å². The standard InChI is InChI=1S/C19H25N3O/c1-23-18-6-4-15-3-5-17(10-16(15)11-18)21-12-14-2-7-19-20-8-9-22(19)13-14/h4,6,8-9,11,14,17,21H,2-3,5,7,10,12-13H2,1H3/t14-,17+/m1/s1.